The monoisotopic (exact) mass is 455 g/mol. The van der Waals surface area contributed by atoms with Gasteiger partial charge in [-0.05, 0) is 60.7 Å². The van der Waals surface area contributed by atoms with Crippen LogP contribution in [0.3, 0.4) is 0 Å². The van der Waals surface area contributed by atoms with Gasteiger partial charge in [0.15, 0.2) is 6.61 Å². The number of rotatable bonds is 7. The Kier molecular flexibility index (Phi) is 6.73. The molecule has 34 heavy (non-hydrogen) atoms. The SMILES string of the molecule is COc1ccc(-c2cc(C(=O)OCC(=O)Nc3ccc(N(C)C)cc3)c3ccccc3n2)cc1. The number of amides is 1. The van der Waals surface area contributed by atoms with Crippen LogP contribution in [-0.2, 0) is 9.53 Å². The highest BCUT2D eigenvalue weighted by atomic mass is 16.5. The van der Waals surface area contributed by atoms with Crippen molar-refractivity contribution in [3.8, 4) is 17.0 Å². The predicted molar refractivity (Wildman–Crippen MR) is 133 cm³/mol. The summed E-state index contributed by atoms with van der Waals surface area (Å²) < 4.78 is 10.6. The summed E-state index contributed by atoms with van der Waals surface area (Å²) in [6, 6.07) is 23.8. The molecule has 0 unspecified atom stereocenters. The van der Waals surface area contributed by atoms with Crippen molar-refractivity contribution in [1.29, 1.82) is 0 Å². The number of nitrogens with zero attached hydrogens (tertiary/aromatic N) is 2. The third-order valence-electron chi connectivity index (χ3n) is 5.32. The van der Waals surface area contributed by atoms with Crippen LogP contribution in [0.5, 0.6) is 5.75 Å². The van der Waals surface area contributed by atoms with E-state index in [-0.39, 0.29) is 0 Å². The fourth-order valence-electron chi connectivity index (χ4n) is 3.50. The number of hydrogen-bond acceptors (Lipinski definition) is 6. The van der Waals surface area contributed by atoms with Crippen LogP contribution in [0.4, 0.5) is 11.4 Å². The average molecular weight is 456 g/mol. The van der Waals surface area contributed by atoms with E-state index in [9.17, 15) is 9.59 Å². The topological polar surface area (TPSA) is 80.8 Å². The minimum atomic E-state index is -0.591. The molecule has 4 rings (SSSR count). The molecule has 3 aromatic carbocycles. The first-order valence-corrected chi connectivity index (χ1v) is 10.7. The summed E-state index contributed by atoms with van der Waals surface area (Å²) in [5.41, 5.74) is 4.11. The number of para-hydroxylation sites is 1. The highest BCUT2D eigenvalue weighted by Crippen LogP contribution is 2.27. The maximum absolute atomic E-state index is 13.0. The summed E-state index contributed by atoms with van der Waals surface area (Å²) in [6.45, 7) is -0.400. The van der Waals surface area contributed by atoms with Crippen LogP contribution in [0.15, 0.2) is 78.9 Å². The number of benzene rings is 3. The lowest BCUT2D eigenvalue weighted by Gasteiger charge is -2.13. The van der Waals surface area contributed by atoms with E-state index in [1.165, 1.54) is 0 Å². The molecule has 0 aliphatic rings. The molecule has 0 saturated heterocycles. The molecule has 0 bridgehead atoms. The molecule has 7 nitrogen and oxygen atoms in total. The molecule has 1 aromatic heterocycles. The molecule has 1 N–H and O–H groups in total. The zero-order chi connectivity index (χ0) is 24.1. The van der Waals surface area contributed by atoms with Crippen molar-refractivity contribution >= 4 is 34.2 Å². The normalized spacial score (nSPS) is 10.6. The predicted octanol–water partition coefficient (Wildman–Crippen LogP) is 4.77. The Morgan fingerprint density at radius 2 is 1.65 bits per heavy atom. The van der Waals surface area contributed by atoms with Crippen molar-refractivity contribution in [1.82, 2.24) is 4.98 Å². The second-order valence-electron chi connectivity index (χ2n) is 7.87. The van der Waals surface area contributed by atoms with E-state index in [1.807, 2.05) is 79.7 Å². The van der Waals surface area contributed by atoms with Gasteiger partial charge in [-0.15, -0.1) is 0 Å². The standard InChI is InChI=1S/C27H25N3O4/c1-30(2)20-12-10-19(11-13-20)28-26(31)17-34-27(32)23-16-25(18-8-14-21(33-3)15-9-18)29-24-7-5-4-6-22(23)24/h4-16H,17H2,1-3H3,(H,28,31). The minimum Gasteiger partial charge on any atom is -0.497 e. The van der Waals surface area contributed by atoms with Gasteiger partial charge in [0.2, 0.25) is 0 Å². The van der Waals surface area contributed by atoms with Gasteiger partial charge in [0.05, 0.1) is 23.9 Å². The van der Waals surface area contributed by atoms with Crippen molar-refractivity contribution in [2.45, 2.75) is 0 Å². The number of methoxy groups -OCH3 is 1. The van der Waals surface area contributed by atoms with Gasteiger partial charge in [-0.2, -0.15) is 0 Å². The maximum atomic E-state index is 13.0. The van der Waals surface area contributed by atoms with Gasteiger partial charge in [-0.1, -0.05) is 18.2 Å². The van der Waals surface area contributed by atoms with Gasteiger partial charge in [-0.3, -0.25) is 4.79 Å². The largest absolute Gasteiger partial charge is 0.497 e. The van der Waals surface area contributed by atoms with E-state index < -0.39 is 18.5 Å². The molecule has 0 aliphatic carbocycles. The summed E-state index contributed by atoms with van der Waals surface area (Å²) >= 11 is 0. The molecule has 0 saturated carbocycles. The summed E-state index contributed by atoms with van der Waals surface area (Å²) in [6.07, 6.45) is 0. The first-order valence-electron chi connectivity index (χ1n) is 10.7. The van der Waals surface area contributed by atoms with Gasteiger partial charge in [0.25, 0.3) is 5.91 Å². The lowest BCUT2D eigenvalue weighted by molar-refractivity contribution is -0.119. The van der Waals surface area contributed by atoms with Crippen LogP contribution in [0.25, 0.3) is 22.2 Å². The second-order valence-corrected chi connectivity index (χ2v) is 7.87. The minimum absolute atomic E-state index is 0.347. The number of fused-ring (bicyclic) bond motifs is 1. The van der Waals surface area contributed by atoms with Crippen LogP contribution in [0, 0.1) is 0 Å². The number of carbonyl (C=O) groups excluding carboxylic acids is 2. The third kappa shape index (κ3) is 5.15. The highest BCUT2D eigenvalue weighted by Gasteiger charge is 2.17. The van der Waals surface area contributed by atoms with E-state index in [2.05, 4.69) is 10.3 Å². The van der Waals surface area contributed by atoms with Crippen LogP contribution < -0.4 is 15.0 Å². The van der Waals surface area contributed by atoms with Gasteiger partial charge in [0.1, 0.15) is 5.75 Å². The fraction of sp³-hybridized carbons (Fsp3) is 0.148. The smallest absolute Gasteiger partial charge is 0.339 e. The number of hydrogen-bond donors (Lipinski definition) is 1. The van der Waals surface area contributed by atoms with E-state index in [1.54, 1.807) is 25.3 Å². The molecule has 1 heterocycles. The number of carbonyl (C=O) groups is 2. The van der Waals surface area contributed by atoms with Crippen molar-refractivity contribution in [3.63, 3.8) is 0 Å². The number of pyridine rings is 1. The van der Waals surface area contributed by atoms with Gasteiger partial charge < -0.3 is 19.7 Å². The molecule has 172 valence electrons. The van der Waals surface area contributed by atoms with Crippen molar-refractivity contribution < 1.29 is 19.1 Å². The van der Waals surface area contributed by atoms with Crippen molar-refractivity contribution in [2.75, 3.05) is 38.0 Å². The number of nitrogens with one attached hydrogen (secondary N) is 1. The summed E-state index contributed by atoms with van der Waals surface area (Å²) in [4.78, 5) is 32.0. The highest BCUT2D eigenvalue weighted by molar-refractivity contribution is 6.05. The van der Waals surface area contributed by atoms with Crippen molar-refractivity contribution in [2.24, 2.45) is 0 Å². The van der Waals surface area contributed by atoms with E-state index in [0.29, 0.717) is 27.8 Å². The number of esters is 1. The quantitative estimate of drug-likeness (QED) is 0.404. The third-order valence-corrected chi connectivity index (χ3v) is 5.32. The Labute approximate surface area is 197 Å². The number of ether oxygens (including phenoxy) is 2. The van der Waals surface area contributed by atoms with Crippen LogP contribution in [0.1, 0.15) is 10.4 Å². The zero-order valence-electron chi connectivity index (χ0n) is 19.2. The van der Waals surface area contributed by atoms with Gasteiger partial charge in [-0.25, -0.2) is 9.78 Å². The van der Waals surface area contributed by atoms with E-state index in [0.717, 1.165) is 17.0 Å². The first-order chi connectivity index (χ1) is 16.4. The van der Waals surface area contributed by atoms with Crippen LogP contribution >= 0.6 is 0 Å². The van der Waals surface area contributed by atoms with Gasteiger partial charge in [0, 0.05) is 36.4 Å². The molecule has 1 amide bonds. The molecule has 4 aromatic rings. The number of aromatic nitrogens is 1. The molecule has 0 radical (unpaired) electrons. The summed E-state index contributed by atoms with van der Waals surface area (Å²) in [5, 5.41) is 3.40. The molecular weight excluding hydrogens is 430 g/mol. The Morgan fingerprint density at radius 3 is 2.32 bits per heavy atom. The van der Waals surface area contributed by atoms with E-state index >= 15 is 0 Å². The zero-order valence-corrected chi connectivity index (χ0v) is 19.2. The fourth-order valence-corrected chi connectivity index (χ4v) is 3.50. The van der Waals surface area contributed by atoms with Gasteiger partial charge >= 0.3 is 5.97 Å². The Morgan fingerprint density at radius 1 is 0.941 bits per heavy atom. The lowest BCUT2D eigenvalue weighted by Crippen LogP contribution is -2.21. The Hall–Kier alpha value is -4.39. The number of anilines is 2. The average Bonchev–Trinajstić information content (AvgIpc) is 2.87. The molecule has 0 fully saturated rings. The second kappa shape index (κ2) is 10.0. The Balaban J connectivity index is 1.51. The maximum Gasteiger partial charge on any atom is 0.339 e. The molecule has 7 heteroatoms. The summed E-state index contributed by atoms with van der Waals surface area (Å²) in [5.74, 6) is -0.280. The molecular formula is C27H25N3O4. The van der Waals surface area contributed by atoms with Crippen LogP contribution in [0.2, 0.25) is 0 Å². The molecule has 0 atom stereocenters. The Bertz CT molecular complexity index is 1320. The lowest BCUT2D eigenvalue weighted by atomic mass is 10.0. The van der Waals surface area contributed by atoms with Crippen molar-refractivity contribution in [3.05, 3.63) is 84.4 Å². The van der Waals surface area contributed by atoms with E-state index in [4.69, 9.17) is 9.47 Å². The van der Waals surface area contributed by atoms with Crippen LogP contribution in [-0.4, -0.2) is 44.7 Å². The summed E-state index contributed by atoms with van der Waals surface area (Å²) in [7, 11) is 5.48. The molecule has 0 aliphatic heterocycles. The first kappa shape index (κ1) is 22.8. The molecule has 0 spiro atoms.